The summed E-state index contributed by atoms with van der Waals surface area (Å²) in [6.07, 6.45) is 7.13. The highest BCUT2D eigenvalue weighted by Gasteiger charge is 2.40. The lowest BCUT2D eigenvalue weighted by molar-refractivity contribution is -0.135. The first-order valence-electron chi connectivity index (χ1n) is 10.7. The van der Waals surface area contributed by atoms with E-state index < -0.39 is 0 Å². The zero-order valence-electron chi connectivity index (χ0n) is 17.8. The molecule has 0 unspecified atom stereocenters. The van der Waals surface area contributed by atoms with Crippen LogP contribution in [0.1, 0.15) is 48.9 Å². The van der Waals surface area contributed by atoms with Crippen molar-refractivity contribution < 1.29 is 9.53 Å². The molecule has 4 rings (SSSR count). The van der Waals surface area contributed by atoms with Gasteiger partial charge in [-0.1, -0.05) is 18.6 Å². The maximum atomic E-state index is 13.0. The molecule has 0 N–H and O–H groups in total. The Labute approximate surface area is 173 Å². The average Bonchev–Trinajstić information content (AvgIpc) is 3.24. The van der Waals surface area contributed by atoms with E-state index in [2.05, 4.69) is 40.2 Å². The van der Waals surface area contributed by atoms with Crippen molar-refractivity contribution in [2.24, 2.45) is 7.05 Å². The van der Waals surface area contributed by atoms with Crippen LogP contribution in [0.15, 0.2) is 30.5 Å². The molecule has 0 radical (unpaired) electrons. The third-order valence-corrected chi connectivity index (χ3v) is 6.49. The summed E-state index contributed by atoms with van der Waals surface area (Å²) in [4.78, 5) is 17.8. The van der Waals surface area contributed by atoms with Crippen molar-refractivity contribution in [2.75, 3.05) is 13.7 Å². The number of ether oxygens (including phenoxy) is 1. The Balaban J connectivity index is 1.53. The number of carbonyl (C=O) groups is 1. The molecular weight excluding hydrogens is 364 g/mol. The first-order valence-corrected chi connectivity index (χ1v) is 10.7. The molecule has 2 atom stereocenters. The average molecular weight is 397 g/mol. The van der Waals surface area contributed by atoms with Gasteiger partial charge in [-0.25, -0.2) is 0 Å². The summed E-state index contributed by atoms with van der Waals surface area (Å²) in [5.74, 6) is 1.15. The summed E-state index contributed by atoms with van der Waals surface area (Å²) in [5.41, 5.74) is 3.57. The fourth-order valence-electron chi connectivity index (χ4n) is 4.95. The Bertz CT molecular complexity index is 845. The summed E-state index contributed by atoms with van der Waals surface area (Å²) in [6, 6.07) is 8.83. The lowest BCUT2D eigenvalue weighted by atomic mass is 9.96. The second-order valence-electron chi connectivity index (χ2n) is 8.42. The Morgan fingerprint density at radius 1 is 1.10 bits per heavy atom. The minimum atomic E-state index is 0.293. The van der Waals surface area contributed by atoms with Crippen LogP contribution in [0.2, 0.25) is 0 Å². The lowest BCUT2D eigenvalue weighted by Gasteiger charge is -2.37. The molecule has 2 saturated heterocycles. The zero-order valence-corrected chi connectivity index (χ0v) is 17.8. The molecule has 0 spiro atoms. The third kappa shape index (κ3) is 4.32. The van der Waals surface area contributed by atoms with Gasteiger partial charge in [-0.05, 0) is 43.9 Å². The molecule has 2 aromatic rings. The van der Waals surface area contributed by atoms with Gasteiger partial charge in [-0.3, -0.25) is 14.4 Å². The molecular formula is C23H32N4O2. The highest BCUT2D eigenvalue weighted by atomic mass is 16.5. The van der Waals surface area contributed by atoms with Crippen molar-refractivity contribution in [1.82, 2.24) is 19.6 Å². The van der Waals surface area contributed by atoms with Gasteiger partial charge < -0.3 is 9.64 Å². The topological polar surface area (TPSA) is 50.6 Å². The summed E-state index contributed by atoms with van der Waals surface area (Å²) in [7, 11) is 3.66. The van der Waals surface area contributed by atoms with Crippen LogP contribution >= 0.6 is 0 Å². The predicted molar refractivity (Wildman–Crippen MR) is 113 cm³/mol. The number of nitrogens with zero attached hydrogens (tertiary/aromatic N) is 4. The van der Waals surface area contributed by atoms with Crippen molar-refractivity contribution >= 4 is 5.91 Å². The number of carbonyl (C=O) groups excluding carboxylic acids is 1. The lowest BCUT2D eigenvalue weighted by Crippen LogP contribution is -2.48. The van der Waals surface area contributed by atoms with Crippen molar-refractivity contribution in [3.8, 4) is 5.75 Å². The van der Waals surface area contributed by atoms with Crippen LogP contribution in [0.4, 0.5) is 0 Å². The van der Waals surface area contributed by atoms with Crippen LogP contribution in [0.25, 0.3) is 0 Å². The van der Waals surface area contributed by atoms with E-state index in [4.69, 9.17) is 4.74 Å². The minimum absolute atomic E-state index is 0.293. The Hall–Kier alpha value is -2.34. The number of hydrogen-bond donors (Lipinski definition) is 0. The van der Waals surface area contributed by atoms with Gasteiger partial charge in [0, 0.05) is 56.9 Å². The standard InChI is InChI=1S/C23H32N4O2/c1-17-19(15-25(2)24-17)16-26-13-12-22-21(26)6-4-5-7-23(28)27(22)14-18-8-10-20(29-3)11-9-18/h8-11,15,21-22H,4-7,12-14,16H2,1-3H3/t21-,22+/m1/s1. The highest BCUT2D eigenvalue weighted by molar-refractivity contribution is 5.76. The number of aromatic nitrogens is 2. The van der Waals surface area contributed by atoms with Crippen molar-refractivity contribution in [3.63, 3.8) is 0 Å². The summed E-state index contributed by atoms with van der Waals surface area (Å²) >= 11 is 0. The number of benzene rings is 1. The van der Waals surface area contributed by atoms with E-state index in [1.54, 1.807) is 7.11 Å². The smallest absolute Gasteiger partial charge is 0.223 e. The normalized spacial score (nSPS) is 23.0. The van der Waals surface area contributed by atoms with Gasteiger partial charge in [-0.15, -0.1) is 0 Å². The number of hydrogen-bond acceptors (Lipinski definition) is 4. The number of fused-ring (bicyclic) bond motifs is 1. The van der Waals surface area contributed by atoms with E-state index in [1.165, 1.54) is 11.1 Å². The first-order chi connectivity index (χ1) is 14.0. The molecule has 6 heteroatoms. The van der Waals surface area contributed by atoms with E-state index in [0.717, 1.165) is 50.2 Å². The van der Waals surface area contributed by atoms with Crippen molar-refractivity contribution in [1.29, 1.82) is 0 Å². The molecule has 1 aromatic heterocycles. The van der Waals surface area contributed by atoms with Crippen LogP contribution < -0.4 is 4.74 Å². The fourth-order valence-corrected chi connectivity index (χ4v) is 4.95. The Morgan fingerprint density at radius 2 is 1.90 bits per heavy atom. The van der Waals surface area contributed by atoms with Crippen LogP contribution in [-0.2, 0) is 24.9 Å². The van der Waals surface area contributed by atoms with Gasteiger partial charge in [0.25, 0.3) is 0 Å². The molecule has 29 heavy (non-hydrogen) atoms. The number of likely N-dealkylation sites (tertiary alicyclic amines) is 2. The molecule has 1 aromatic carbocycles. The largest absolute Gasteiger partial charge is 0.497 e. The molecule has 0 saturated carbocycles. The van der Waals surface area contributed by atoms with E-state index in [1.807, 2.05) is 23.9 Å². The molecule has 2 aliphatic rings. The Kier molecular flexibility index (Phi) is 5.90. The molecule has 1 amide bonds. The van der Waals surface area contributed by atoms with Gasteiger partial charge in [0.1, 0.15) is 5.75 Å². The molecule has 3 heterocycles. The number of aryl methyl sites for hydroxylation is 2. The summed E-state index contributed by atoms with van der Waals surface area (Å²) < 4.78 is 7.17. The molecule has 156 valence electrons. The van der Waals surface area contributed by atoms with E-state index in [0.29, 0.717) is 31.0 Å². The number of rotatable bonds is 5. The van der Waals surface area contributed by atoms with E-state index in [9.17, 15) is 4.79 Å². The van der Waals surface area contributed by atoms with Crippen LogP contribution in [0, 0.1) is 6.92 Å². The summed E-state index contributed by atoms with van der Waals surface area (Å²) in [5, 5.41) is 4.50. The fraction of sp³-hybridized carbons (Fsp3) is 0.565. The maximum Gasteiger partial charge on any atom is 0.223 e. The predicted octanol–water partition coefficient (Wildman–Crippen LogP) is 3.28. The van der Waals surface area contributed by atoms with Gasteiger partial charge in [0.15, 0.2) is 0 Å². The maximum absolute atomic E-state index is 13.0. The molecule has 2 aliphatic heterocycles. The van der Waals surface area contributed by atoms with Crippen LogP contribution in [0.5, 0.6) is 5.75 Å². The van der Waals surface area contributed by atoms with Crippen molar-refractivity contribution in [2.45, 2.75) is 64.2 Å². The minimum Gasteiger partial charge on any atom is -0.497 e. The zero-order chi connectivity index (χ0) is 20.4. The number of amides is 1. The Morgan fingerprint density at radius 3 is 2.59 bits per heavy atom. The van der Waals surface area contributed by atoms with E-state index in [-0.39, 0.29) is 0 Å². The molecule has 2 fully saturated rings. The van der Waals surface area contributed by atoms with Crippen LogP contribution in [-0.4, -0.2) is 51.2 Å². The van der Waals surface area contributed by atoms with Gasteiger partial charge >= 0.3 is 0 Å². The second kappa shape index (κ2) is 8.57. The first kappa shape index (κ1) is 20.0. The quantitative estimate of drug-likeness (QED) is 0.778. The van der Waals surface area contributed by atoms with Gasteiger partial charge in [0.2, 0.25) is 5.91 Å². The highest BCUT2D eigenvalue weighted by Crippen LogP contribution is 2.32. The summed E-state index contributed by atoms with van der Waals surface area (Å²) in [6.45, 7) is 4.73. The molecule has 0 aliphatic carbocycles. The van der Waals surface area contributed by atoms with Gasteiger partial charge in [0.05, 0.1) is 12.8 Å². The van der Waals surface area contributed by atoms with Crippen molar-refractivity contribution in [3.05, 3.63) is 47.3 Å². The molecule has 6 nitrogen and oxygen atoms in total. The number of methoxy groups -OCH3 is 1. The third-order valence-electron chi connectivity index (χ3n) is 6.49. The van der Waals surface area contributed by atoms with E-state index >= 15 is 0 Å². The monoisotopic (exact) mass is 396 g/mol. The second-order valence-corrected chi connectivity index (χ2v) is 8.42. The van der Waals surface area contributed by atoms with Crippen LogP contribution in [0.3, 0.4) is 0 Å². The SMILES string of the molecule is COc1ccc(CN2C(=O)CCCC[C@@H]3[C@@H]2CCN3Cc2cn(C)nc2C)cc1. The molecule has 0 bridgehead atoms. The van der Waals surface area contributed by atoms with Gasteiger partial charge in [-0.2, -0.15) is 5.10 Å².